The van der Waals surface area contributed by atoms with Crippen molar-refractivity contribution in [1.29, 1.82) is 0 Å². The zero-order valence-electron chi connectivity index (χ0n) is 19.7. The smallest absolute Gasteiger partial charge is 0.337 e. The second kappa shape index (κ2) is 9.03. The number of nitrogens with zero attached hydrogens (tertiary/aromatic N) is 1. The highest BCUT2D eigenvalue weighted by molar-refractivity contribution is 5.89. The van der Waals surface area contributed by atoms with Gasteiger partial charge in [-0.3, -0.25) is 0 Å². The molecule has 2 atom stereocenters. The average molecular weight is 462 g/mol. The van der Waals surface area contributed by atoms with Gasteiger partial charge < -0.3 is 9.15 Å². The van der Waals surface area contributed by atoms with E-state index < -0.39 is 0 Å². The van der Waals surface area contributed by atoms with E-state index in [-0.39, 0.29) is 5.97 Å². The number of rotatable bonds is 6. The first-order valence-corrected chi connectivity index (χ1v) is 12.2. The standard InChI is InChI=1S/C31H27NO3/c1-34-31(33)25-14-8-9-20(17-25)18-26-23-15-16-24(19-23)27(26)30-32-28(21-10-4-2-5-11-21)29(35-30)22-12-6-3-7-13-22/h2-14,17,23-24H,15-16,18-19H2,1H3. The summed E-state index contributed by atoms with van der Waals surface area (Å²) in [5.41, 5.74) is 7.34. The molecule has 4 nitrogen and oxygen atoms in total. The van der Waals surface area contributed by atoms with Crippen LogP contribution in [-0.4, -0.2) is 18.1 Å². The van der Waals surface area contributed by atoms with E-state index >= 15 is 0 Å². The Morgan fingerprint density at radius 1 is 0.914 bits per heavy atom. The molecule has 1 aromatic heterocycles. The Morgan fingerprint density at radius 3 is 2.37 bits per heavy atom. The van der Waals surface area contributed by atoms with Crippen LogP contribution in [0.3, 0.4) is 0 Å². The molecule has 1 saturated carbocycles. The van der Waals surface area contributed by atoms with Crippen LogP contribution in [0.15, 0.2) is 94.9 Å². The third-order valence-corrected chi connectivity index (χ3v) is 7.36. The van der Waals surface area contributed by atoms with Crippen molar-refractivity contribution in [2.24, 2.45) is 11.8 Å². The molecule has 35 heavy (non-hydrogen) atoms. The first-order chi connectivity index (χ1) is 17.2. The maximum absolute atomic E-state index is 12.1. The van der Waals surface area contributed by atoms with Crippen LogP contribution in [0.1, 0.15) is 41.1 Å². The number of hydrogen-bond donors (Lipinski definition) is 0. The zero-order valence-corrected chi connectivity index (χ0v) is 19.7. The number of esters is 1. The lowest BCUT2D eigenvalue weighted by Crippen LogP contribution is -2.07. The van der Waals surface area contributed by atoms with Gasteiger partial charge in [0, 0.05) is 16.7 Å². The van der Waals surface area contributed by atoms with Crippen LogP contribution < -0.4 is 0 Å². The second-order valence-corrected chi connectivity index (χ2v) is 9.44. The predicted octanol–water partition coefficient (Wildman–Crippen LogP) is 7.22. The van der Waals surface area contributed by atoms with E-state index in [1.165, 1.54) is 31.1 Å². The van der Waals surface area contributed by atoms with Gasteiger partial charge >= 0.3 is 5.97 Å². The molecule has 6 rings (SSSR count). The first kappa shape index (κ1) is 21.6. The molecule has 0 amide bonds. The summed E-state index contributed by atoms with van der Waals surface area (Å²) >= 11 is 0. The highest BCUT2D eigenvalue weighted by atomic mass is 16.5. The van der Waals surface area contributed by atoms with Gasteiger partial charge in [-0.2, -0.15) is 0 Å². The number of methoxy groups -OCH3 is 1. The normalized spacial score (nSPS) is 18.8. The molecule has 2 aliphatic carbocycles. The fourth-order valence-electron chi connectivity index (χ4n) is 5.75. The Bertz CT molecular complexity index is 1340. The molecule has 0 saturated heterocycles. The molecule has 0 N–H and O–H groups in total. The molecule has 2 unspecified atom stereocenters. The topological polar surface area (TPSA) is 52.3 Å². The second-order valence-electron chi connectivity index (χ2n) is 9.44. The number of hydrogen-bond acceptors (Lipinski definition) is 4. The lowest BCUT2D eigenvalue weighted by Gasteiger charge is -2.18. The van der Waals surface area contributed by atoms with E-state index in [0.29, 0.717) is 17.4 Å². The third-order valence-electron chi connectivity index (χ3n) is 7.36. The molecule has 2 bridgehead atoms. The van der Waals surface area contributed by atoms with Crippen LogP contribution in [0.5, 0.6) is 0 Å². The van der Waals surface area contributed by atoms with E-state index in [0.717, 1.165) is 46.9 Å². The maximum atomic E-state index is 12.1. The average Bonchev–Trinajstić information content (AvgIpc) is 3.65. The zero-order chi connectivity index (χ0) is 23.8. The van der Waals surface area contributed by atoms with Crippen molar-refractivity contribution in [2.75, 3.05) is 7.11 Å². The lowest BCUT2D eigenvalue weighted by molar-refractivity contribution is 0.0600. The predicted molar refractivity (Wildman–Crippen MR) is 137 cm³/mol. The Labute approximate surface area is 205 Å². The van der Waals surface area contributed by atoms with Crippen LogP contribution in [0.2, 0.25) is 0 Å². The van der Waals surface area contributed by atoms with E-state index in [9.17, 15) is 4.79 Å². The Balaban J connectivity index is 1.45. The number of benzene rings is 3. The van der Waals surface area contributed by atoms with E-state index in [1.54, 1.807) is 6.07 Å². The van der Waals surface area contributed by atoms with Gasteiger partial charge in [0.1, 0.15) is 5.69 Å². The van der Waals surface area contributed by atoms with Gasteiger partial charge in [0.15, 0.2) is 5.76 Å². The van der Waals surface area contributed by atoms with Crippen LogP contribution in [0, 0.1) is 11.8 Å². The van der Waals surface area contributed by atoms with Crippen molar-refractivity contribution in [1.82, 2.24) is 4.98 Å². The van der Waals surface area contributed by atoms with Gasteiger partial charge in [-0.25, -0.2) is 9.78 Å². The molecule has 4 heteroatoms. The molecule has 2 aliphatic rings. The largest absolute Gasteiger partial charge is 0.465 e. The van der Waals surface area contributed by atoms with Gasteiger partial charge in [-0.1, -0.05) is 78.4 Å². The lowest BCUT2D eigenvalue weighted by atomic mass is 9.87. The molecule has 0 radical (unpaired) electrons. The van der Waals surface area contributed by atoms with Gasteiger partial charge in [-0.05, 0) is 55.2 Å². The number of allylic oxidation sites excluding steroid dienone is 2. The van der Waals surface area contributed by atoms with Gasteiger partial charge in [0.25, 0.3) is 0 Å². The summed E-state index contributed by atoms with van der Waals surface area (Å²) in [4.78, 5) is 17.2. The van der Waals surface area contributed by atoms with Crippen molar-refractivity contribution >= 4 is 11.5 Å². The number of fused-ring (bicyclic) bond motifs is 2. The molecule has 4 aromatic rings. The Morgan fingerprint density at radius 2 is 1.63 bits per heavy atom. The molecular formula is C31H27NO3. The third kappa shape index (κ3) is 3.99. The number of oxazole rings is 1. The number of ether oxygens (including phenoxy) is 1. The quantitative estimate of drug-likeness (QED) is 0.284. The minimum Gasteiger partial charge on any atom is -0.465 e. The summed E-state index contributed by atoms with van der Waals surface area (Å²) < 4.78 is 11.5. The van der Waals surface area contributed by atoms with Gasteiger partial charge in [-0.15, -0.1) is 0 Å². The SMILES string of the molecule is COC(=O)c1cccc(CC2=C(c3nc(-c4ccccc4)c(-c4ccccc4)o3)C3CCC2C3)c1. The van der Waals surface area contributed by atoms with Crippen molar-refractivity contribution in [3.05, 3.63) is 108 Å². The van der Waals surface area contributed by atoms with Gasteiger partial charge in [0.2, 0.25) is 5.89 Å². The summed E-state index contributed by atoms with van der Waals surface area (Å²) in [6.07, 6.45) is 4.34. The highest BCUT2D eigenvalue weighted by Gasteiger charge is 2.41. The minimum atomic E-state index is -0.304. The van der Waals surface area contributed by atoms with Crippen molar-refractivity contribution < 1.29 is 13.9 Å². The summed E-state index contributed by atoms with van der Waals surface area (Å²) in [5, 5.41) is 0. The number of carbonyl (C=O) groups excluding carboxylic acids is 1. The minimum absolute atomic E-state index is 0.304. The van der Waals surface area contributed by atoms with Crippen molar-refractivity contribution in [3.8, 4) is 22.6 Å². The fourth-order valence-corrected chi connectivity index (χ4v) is 5.75. The molecular weight excluding hydrogens is 434 g/mol. The van der Waals surface area contributed by atoms with E-state index in [4.69, 9.17) is 14.1 Å². The summed E-state index contributed by atoms with van der Waals surface area (Å²) in [5.74, 6) is 2.28. The Hall–Kier alpha value is -3.92. The molecule has 1 heterocycles. The highest BCUT2D eigenvalue weighted by Crippen LogP contribution is 2.54. The van der Waals surface area contributed by atoms with Crippen LogP contribution in [0.25, 0.3) is 28.2 Å². The van der Waals surface area contributed by atoms with Gasteiger partial charge in [0.05, 0.1) is 12.7 Å². The molecule has 0 spiro atoms. The molecule has 174 valence electrons. The van der Waals surface area contributed by atoms with Crippen LogP contribution >= 0.6 is 0 Å². The van der Waals surface area contributed by atoms with E-state index in [1.807, 2.05) is 48.5 Å². The monoisotopic (exact) mass is 461 g/mol. The summed E-state index contributed by atoms with van der Waals surface area (Å²) in [7, 11) is 1.42. The first-order valence-electron chi connectivity index (χ1n) is 12.2. The molecule has 3 aromatic carbocycles. The van der Waals surface area contributed by atoms with Crippen molar-refractivity contribution in [2.45, 2.75) is 25.7 Å². The van der Waals surface area contributed by atoms with Crippen molar-refractivity contribution in [3.63, 3.8) is 0 Å². The van der Waals surface area contributed by atoms with Crippen LogP contribution in [0.4, 0.5) is 0 Å². The summed E-state index contributed by atoms with van der Waals surface area (Å²) in [6.45, 7) is 0. The van der Waals surface area contributed by atoms with Crippen LogP contribution in [-0.2, 0) is 11.2 Å². The van der Waals surface area contributed by atoms with E-state index in [2.05, 4.69) is 30.3 Å². The molecule has 0 aliphatic heterocycles. The fraction of sp³-hybridized carbons (Fsp3) is 0.226. The number of aromatic nitrogens is 1. The number of carbonyl (C=O) groups is 1. The summed E-state index contributed by atoms with van der Waals surface area (Å²) in [6, 6.07) is 28.3. The Kier molecular flexibility index (Phi) is 5.57. The molecule has 1 fully saturated rings. The maximum Gasteiger partial charge on any atom is 0.337 e.